The van der Waals surface area contributed by atoms with Gasteiger partial charge in [0, 0.05) is 25.2 Å². The van der Waals surface area contributed by atoms with Gasteiger partial charge in [0.15, 0.2) is 5.96 Å². The van der Waals surface area contributed by atoms with Crippen LogP contribution in [0.4, 0.5) is 4.39 Å². The van der Waals surface area contributed by atoms with Crippen LogP contribution in [0, 0.1) is 11.7 Å². The summed E-state index contributed by atoms with van der Waals surface area (Å²) in [5.41, 5.74) is 1.70. The van der Waals surface area contributed by atoms with Gasteiger partial charge >= 0.3 is 0 Å². The maximum Gasteiger partial charge on any atom is 0.224 e. The molecule has 1 saturated carbocycles. The summed E-state index contributed by atoms with van der Waals surface area (Å²) >= 11 is 0. The van der Waals surface area contributed by atoms with Crippen molar-refractivity contribution in [2.24, 2.45) is 10.9 Å². The number of rotatable bonds is 11. The van der Waals surface area contributed by atoms with Crippen LogP contribution >= 0.6 is 0 Å². The molecule has 2 aromatic rings. The van der Waals surface area contributed by atoms with E-state index in [-0.39, 0.29) is 18.1 Å². The number of hydrogen-bond acceptors (Lipinski definition) is 3. The fourth-order valence-corrected chi connectivity index (χ4v) is 3.05. The summed E-state index contributed by atoms with van der Waals surface area (Å²) in [4.78, 5) is 16.7. The van der Waals surface area contributed by atoms with Crippen LogP contribution in [-0.4, -0.2) is 38.1 Å². The van der Waals surface area contributed by atoms with Crippen molar-refractivity contribution in [2.75, 3.05) is 26.2 Å². The zero-order valence-corrected chi connectivity index (χ0v) is 18.0. The third kappa shape index (κ3) is 8.28. The molecule has 0 spiro atoms. The lowest BCUT2D eigenvalue weighted by molar-refractivity contribution is -0.120. The van der Waals surface area contributed by atoms with Gasteiger partial charge in [-0.05, 0) is 49.4 Å². The number of hydrogen-bond donors (Lipinski definition) is 3. The summed E-state index contributed by atoms with van der Waals surface area (Å²) in [6.45, 7) is 4.99. The highest BCUT2D eigenvalue weighted by molar-refractivity contribution is 5.80. The van der Waals surface area contributed by atoms with Gasteiger partial charge in [0.1, 0.15) is 11.6 Å². The Kier molecular flexibility index (Phi) is 8.70. The van der Waals surface area contributed by atoms with Gasteiger partial charge in [-0.1, -0.05) is 30.3 Å². The number of aliphatic imine (C=N–C) groups is 1. The maximum atomic E-state index is 13.2. The van der Waals surface area contributed by atoms with E-state index in [0.29, 0.717) is 37.1 Å². The molecular weight excluding hydrogens is 395 g/mol. The molecule has 1 amide bonds. The fraction of sp³-hybridized carbons (Fsp3) is 0.417. The van der Waals surface area contributed by atoms with E-state index in [1.165, 1.54) is 25.0 Å². The summed E-state index contributed by atoms with van der Waals surface area (Å²) in [5, 5.41) is 9.27. The Hall–Kier alpha value is -3.09. The average Bonchev–Trinajstić information content (AvgIpc) is 3.58. The van der Waals surface area contributed by atoms with Gasteiger partial charge < -0.3 is 20.7 Å². The zero-order valence-electron chi connectivity index (χ0n) is 18.0. The number of para-hydroxylation sites is 1. The summed E-state index contributed by atoms with van der Waals surface area (Å²) < 4.78 is 19.2. The Morgan fingerprint density at radius 1 is 1.10 bits per heavy atom. The molecule has 0 atom stereocenters. The second-order valence-electron chi connectivity index (χ2n) is 7.64. The summed E-state index contributed by atoms with van der Waals surface area (Å²) in [5.74, 6) is 1.79. The van der Waals surface area contributed by atoms with Crippen molar-refractivity contribution in [1.29, 1.82) is 0 Å². The van der Waals surface area contributed by atoms with E-state index < -0.39 is 0 Å². The molecule has 1 aliphatic carbocycles. The highest BCUT2D eigenvalue weighted by atomic mass is 19.1. The summed E-state index contributed by atoms with van der Waals surface area (Å²) in [7, 11) is 0. The number of nitrogens with one attached hydrogen (secondary N) is 3. The van der Waals surface area contributed by atoms with Crippen LogP contribution in [0.5, 0.6) is 5.75 Å². The van der Waals surface area contributed by atoms with E-state index in [4.69, 9.17) is 4.74 Å². The molecule has 0 aromatic heterocycles. The van der Waals surface area contributed by atoms with E-state index in [9.17, 15) is 9.18 Å². The second-order valence-corrected chi connectivity index (χ2v) is 7.64. The topological polar surface area (TPSA) is 74.8 Å². The Morgan fingerprint density at radius 2 is 1.90 bits per heavy atom. The van der Waals surface area contributed by atoms with Crippen LogP contribution in [0.25, 0.3) is 0 Å². The minimum absolute atomic E-state index is 0.143. The molecular formula is C24H31FN4O2. The fourth-order valence-electron chi connectivity index (χ4n) is 3.05. The standard InChI is InChI=1S/C24H31FN4O2/c1-2-26-24(28-13-12-27-23(30)15-19-6-5-8-21(25)14-19)29-16-20-7-3-4-9-22(20)31-17-18-10-11-18/h3-9,14,18H,2,10-13,15-17H2,1H3,(H,27,30)(H2,26,28,29). The van der Waals surface area contributed by atoms with Crippen LogP contribution in [0.2, 0.25) is 0 Å². The first kappa shape index (κ1) is 22.6. The molecule has 2 aromatic carbocycles. The predicted molar refractivity (Wildman–Crippen MR) is 121 cm³/mol. The molecule has 0 aliphatic heterocycles. The van der Waals surface area contributed by atoms with Gasteiger partial charge in [-0.15, -0.1) is 0 Å². The number of amides is 1. The molecule has 1 aliphatic rings. The van der Waals surface area contributed by atoms with Gasteiger partial charge in [-0.2, -0.15) is 0 Å². The van der Waals surface area contributed by atoms with Gasteiger partial charge in [-0.3, -0.25) is 4.79 Å². The molecule has 0 saturated heterocycles. The van der Waals surface area contributed by atoms with E-state index in [1.807, 2.05) is 31.2 Å². The first-order valence-electron chi connectivity index (χ1n) is 10.9. The van der Waals surface area contributed by atoms with Gasteiger partial charge in [-0.25, -0.2) is 9.38 Å². The van der Waals surface area contributed by atoms with E-state index in [2.05, 4.69) is 20.9 Å². The van der Waals surface area contributed by atoms with Crippen LogP contribution in [-0.2, 0) is 17.8 Å². The third-order valence-electron chi connectivity index (χ3n) is 4.89. The van der Waals surface area contributed by atoms with Crippen LogP contribution in [0.3, 0.4) is 0 Å². The van der Waals surface area contributed by atoms with E-state index in [1.54, 1.807) is 12.1 Å². The van der Waals surface area contributed by atoms with Crippen LogP contribution in [0.1, 0.15) is 30.9 Å². The Labute approximate surface area is 183 Å². The van der Waals surface area contributed by atoms with Crippen molar-refractivity contribution in [3.05, 3.63) is 65.5 Å². The second kappa shape index (κ2) is 11.9. The normalized spacial score (nSPS) is 13.5. The van der Waals surface area contributed by atoms with Crippen molar-refractivity contribution in [1.82, 2.24) is 16.0 Å². The average molecular weight is 427 g/mol. The van der Waals surface area contributed by atoms with Crippen molar-refractivity contribution >= 4 is 11.9 Å². The number of carbonyl (C=O) groups is 1. The molecule has 7 heteroatoms. The Morgan fingerprint density at radius 3 is 2.68 bits per heavy atom. The number of nitrogens with zero attached hydrogens (tertiary/aromatic N) is 1. The molecule has 0 radical (unpaired) electrons. The molecule has 3 rings (SSSR count). The van der Waals surface area contributed by atoms with Gasteiger partial charge in [0.2, 0.25) is 5.91 Å². The minimum Gasteiger partial charge on any atom is -0.493 e. The van der Waals surface area contributed by atoms with E-state index in [0.717, 1.165) is 24.5 Å². The highest BCUT2D eigenvalue weighted by Gasteiger charge is 2.22. The Balaban J connectivity index is 1.44. The maximum absolute atomic E-state index is 13.2. The number of halogens is 1. The molecule has 0 heterocycles. The van der Waals surface area contributed by atoms with Crippen molar-refractivity contribution in [3.63, 3.8) is 0 Å². The SMILES string of the molecule is CCNC(=NCc1ccccc1OCC1CC1)NCCNC(=O)Cc1cccc(F)c1. The molecule has 166 valence electrons. The zero-order chi connectivity index (χ0) is 21.9. The largest absolute Gasteiger partial charge is 0.493 e. The number of benzene rings is 2. The molecule has 0 unspecified atom stereocenters. The monoisotopic (exact) mass is 426 g/mol. The number of carbonyl (C=O) groups excluding carboxylic acids is 1. The molecule has 1 fully saturated rings. The van der Waals surface area contributed by atoms with Gasteiger partial charge in [0.25, 0.3) is 0 Å². The summed E-state index contributed by atoms with van der Waals surface area (Å²) in [6.07, 6.45) is 2.67. The first-order chi connectivity index (χ1) is 15.1. The molecule has 0 bridgehead atoms. The van der Waals surface area contributed by atoms with E-state index >= 15 is 0 Å². The van der Waals surface area contributed by atoms with Crippen LogP contribution in [0.15, 0.2) is 53.5 Å². The summed E-state index contributed by atoms with van der Waals surface area (Å²) in [6, 6.07) is 14.1. The quantitative estimate of drug-likeness (QED) is 0.293. The van der Waals surface area contributed by atoms with Crippen molar-refractivity contribution in [3.8, 4) is 5.75 Å². The smallest absolute Gasteiger partial charge is 0.224 e. The number of guanidine groups is 1. The lowest BCUT2D eigenvalue weighted by Gasteiger charge is -2.13. The minimum atomic E-state index is -0.335. The third-order valence-corrected chi connectivity index (χ3v) is 4.89. The van der Waals surface area contributed by atoms with Crippen molar-refractivity contribution < 1.29 is 13.9 Å². The van der Waals surface area contributed by atoms with Crippen LogP contribution < -0.4 is 20.7 Å². The molecule has 6 nitrogen and oxygen atoms in total. The first-order valence-corrected chi connectivity index (χ1v) is 10.9. The molecule has 31 heavy (non-hydrogen) atoms. The lowest BCUT2D eigenvalue weighted by Crippen LogP contribution is -2.41. The predicted octanol–water partition coefficient (Wildman–Crippen LogP) is 3.03. The number of ether oxygens (including phenoxy) is 1. The lowest BCUT2D eigenvalue weighted by atomic mass is 10.1. The molecule has 3 N–H and O–H groups in total. The van der Waals surface area contributed by atoms with Crippen molar-refractivity contribution in [2.45, 2.75) is 32.7 Å². The Bertz CT molecular complexity index is 883. The highest BCUT2D eigenvalue weighted by Crippen LogP contribution is 2.30. The van der Waals surface area contributed by atoms with Gasteiger partial charge in [0.05, 0.1) is 19.6 Å².